The number of halogens is 1. The molecule has 2 fully saturated rings. The lowest BCUT2D eigenvalue weighted by atomic mass is 9.99. The zero-order valence-corrected chi connectivity index (χ0v) is 20.6. The SMILES string of the molecule is C[C@@H]1Cc2cc(S(=O)(=O)N3CCC[C@@H](C(=O)NCc4ccc(F)cc4)C3)ccc2N1C(=O)C1CC1. The second-order valence-corrected chi connectivity index (χ2v) is 11.8. The highest BCUT2D eigenvalue weighted by atomic mass is 32.2. The van der Waals surface area contributed by atoms with Crippen molar-refractivity contribution in [3.8, 4) is 0 Å². The van der Waals surface area contributed by atoms with Crippen molar-refractivity contribution in [3.05, 3.63) is 59.4 Å². The first-order valence-corrected chi connectivity index (χ1v) is 13.7. The van der Waals surface area contributed by atoms with E-state index in [1.54, 1.807) is 30.3 Å². The molecule has 2 aromatic carbocycles. The summed E-state index contributed by atoms with van der Waals surface area (Å²) in [5.41, 5.74) is 2.46. The number of carbonyl (C=O) groups excluding carboxylic acids is 2. The second kappa shape index (κ2) is 9.35. The van der Waals surface area contributed by atoms with Crippen LogP contribution >= 0.6 is 0 Å². The summed E-state index contributed by atoms with van der Waals surface area (Å²) in [4.78, 5) is 27.5. The highest BCUT2D eigenvalue weighted by molar-refractivity contribution is 7.89. The Bertz CT molecular complexity index is 1240. The normalized spacial score (nSPS) is 22.6. The van der Waals surface area contributed by atoms with E-state index in [-0.39, 0.29) is 47.6 Å². The third kappa shape index (κ3) is 4.84. The third-order valence-corrected chi connectivity index (χ3v) is 9.06. The molecule has 0 bridgehead atoms. The van der Waals surface area contributed by atoms with Crippen molar-refractivity contribution in [3.63, 3.8) is 0 Å². The molecule has 2 atom stereocenters. The molecular formula is C26H30FN3O4S. The predicted molar refractivity (Wildman–Crippen MR) is 130 cm³/mol. The summed E-state index contributed by atoms with van der Waals surface area (Å²) in [6.45, 7) is 2.75. The summed E-state index contributed by atoms with van der Waals surface area (Å²) >= 11 is 0. The summed E-state index contributed by atoms with van der Waals surface area (Å²) in [6.07, 6.45) is 3.70. The molecule has 7 nitrogen and oxygen atoms in total. The van der Waals surface area contributed by atoms with Crippen LogP contribution in [0.1, 0.15) is 43.7 Å². The highest BCUT2D eigenvalue weighted by Crippen LogP contribution is 2.40. The van der Waals surface area contributed by atoms with Crippen molar-refractivity contribution in [1.29, 1.82) is 0 Å². The largest absolute Gasteiger partial charge is 0.352 e. The average Bonchev–Trinajstić information content (AvgIpc) is 3.65. The van der Waals surface area contributed by atoms with E-state index in [1.165, 1.54) is 16.4 Å². The number of sulfonamides is 1. The van der Waals surface area contributed by atoms with Crippen molar-refractivity contribution in [1.82, 2.24) is 9.62 Å². The molecule has 35 heavy (non-hydrogen) atoms. The zero-order valence-electron chi connectivity index (χ0n) is 19.7. The average molecular weight is 500 g/mol. The van der Waals surface area contributed by atoms with E-state index in [0.29, 0.717) is 25.8 Å². The fourth-order valence-electron chi connectivity index (χ4n) is 5.09. The van der Waals surface area contributed by atoms with Crippen LogP contribution in [0, 0.1) is 17.7 Å². The molecule has 0 radical (unpaired) electrons. The van der Waals surface area contributed by atoms with Crippen molar-refractivity contribution in [2.24, 2.45) is 11.8 Å². The Kier molecular flexibility index (Phi) is 6.40. The van der Waals surface area contributed by atoms with Crippen molar-refractivity contribution >= 4 is 27.5 Å². The van der Waals surface area contributed by atoms with Gasteiger partial charge in [0.2, 0.25) is 21.8 Å². The summed E-state index contributed by atoms with van der Waals surface area (Å²) in [7, 11) is -3.77. The number of benzene rings is 2. The first-order valence-electron chi connectivity index (χ1n) is 12.2. The molecule has 186 valence electrons. The van der Waals surface area contributed by atoms with Gasteiger partial charge in [0.1, 0.15) is 5.82 Å². The molecule has 1 aliphatic carbocycles. The van der Waals surface area contributed by atoms with Crippen molar-refractivity contribution < 1.29 is 22.4 Å². The molecule has 0 aromatic heterocycles. The summed E-state index contributed by atoms with van der Waals surface area (Å²) in [5, 5.41) is 2.85. The highest BCUT2D eigenvalue weighted by Gasteiger charge is 2.40. The van der Waals surface area contributed by atoms with E-state index in [4.69, 9.17) is 0 Å². The minimum atomic E-state index is -3.77. The Morgan fingerprint density at radius 3 is 2.51 bits per heavy atom. The molecule has 2 amide bonds. The molecular weight excluding hydrogens is 469 g/mol. The predicted octanol–water partition coefficient (Wildman–Crippen LogP) is 3.23. The van der Waals surface area contributed by atoms with Gasteiger partial charge in [-0.25, -0.2) is 12.8 Å². The number of hydrogen-bond donors (Lipinski definition) is 1. The van der Waals surface area contributed by atoms with Gasteiger partial charge in [-0.05, 0) is 80.5 Å². The Labute approximate surface area is 205 Å². The Balaban J connectivity index is 1.27. The van der Waals surface area contributed by atoms with E-state index >= 15 is 0 Å². The molecule has 9 heteroatoms. The van der Waals surface area contributed by atoms with Gasteiger partial charge in [-0.2, -0.15) is 4.31 Å². The van der Waals surface area contributed by atoms with E-state index in [0.717, 1.165) is 29.7 Å². The van der Waals surface area contributed by atoms with Gasteiger partial charge in [0.25, 0.3) is 0 Å². The first kappa shape index (κ1) is 23.9. The summed E-state index contributed by atoms with van der Waals surface area (Å²) in [6, 6.07) is 11.0. The van der Waals surface area contributed by atoms with Gasteiger partial charge in [0.15, 0.2) is 0 Å². The van der Waals surface area contributed by atoms with Gasteiger partial charge in [0, 0.05) is 37.3 Å². The summed E-state index contributed by atoms with van der Waals surface area (Å²) in [5.74, 6) is -0.744. The maximum absolute atomic E-state index is 13.5. The molecule has 5 rings (SSSR count). The molecule has 1 saturated carbocycles. The molecule has 1 N–H and O–H groups in total. The number of rotatable bonds is 6. The van der Waals surface area contributed by atoms with Crippen LogP contribution in [0.5, 0.6) is 0 Å². The number of hydrogen-bond acceptors (Lipinski definition) is 4. The number of amides is 2. The van der Waals surface area contributed by atoms with E-state index in [2.05, 4.69) is 5.32 Å². The smallest absolute Gasteiger partial charge is 0.243 e. The number of nitrogens with zero attached hydrogens (tertiary/aromatic N) is 2. The Hall–Kier alpha value is -2.78. The van der Waals surface area contributed by atoms with Crippen molar-refractivity contribution in [2.45, 2.75) is 56.5 Å². The molecule has 0 spiro atoms. The standard InChI is InChI=1S/C26H30FN3O4S/c1-17-13-21-14-23(10-11-24(21)30(17)26(32)19-6-7-19)35(33,34)29-12-2-3-20(16-29)25(31)28-15-18-4-8-22(27)9-5-18/h4-5,8-11,14,17,19-20H,2-3,6-7,12-13,15-16H2,1H3,(H,28,31)/t17-,20-/m1/s1. The van der Waals surface area contributed by atoms with Crippen LogP contribution in [0.15, 0.2) is 47.4 Å². The van der Waals surface area contributed by atoms with Crippen LogP contribution in [0.2, 0.25) is 0 Å². The zero-order chi connectivity index (χ0) is 24.7. The van der Waals surface area contributed by atoms with E-state index in [9.17, 15) is 22.4 Å². The number of carbonyl (C=O) groups is 2. The van der Waals surface area contributed by atoms with Crippen LogP contribution in [-0.4, -0.2) is 43.7 Å². The van der Waals surface area contributed by atoms with Crippen LogP contribution in [0.4, 0.5) is 10.1 Å². The fourth-order valence-corrected chi connectivity index (χ4v) is 6.67. The monoisotopic (exact) mass is 499 g/mol. The summed E-state index contributed by atoms with van der Waals surface area (Å²) < 4.78 is 41.4. The molecule has 2 heterocycles. The fraction of sp³-hybridized carbons (Fsp3) is 0.462. The third-order valence-electron chi connectivity index (χ3n) is 7.20. The van der Waals surface area contributed by atoms with Gasteiger partial charge < -0.3 is 10.2 Å². The second-order valence-electron chi connectivity index (χ2n) is 9.87. The van der Waals surface area contributed by atoms with Crippen LogP contribution in [0.3, 0.4) is 0 Å². The molecule has 2 aliphatic heterocycles. The molecule has 1 saturated heterocycles. The quantitative estimate of drug-likeness (QED) is 0.661. The number of nitrogens with one attached hydrogen (secondary N) is 1. The van der Waals surface area contributed by atoms with Crippen LogP contribution in [-0.2, 0) is 32.6 Å². The molecule has 0 unspecified atom stereocenters. The number of fused-ring (bicyclic) bond motifs is 1. The number of piperidine rings is 1. The lowest BCUT2D eigenvalue weighted by Crippen LogP contribution is -2.45. The van der Waals surface area contributed by atoms with Crippen molar-refractivity contribution in [2.75, 3.05) is 18.0 Å². The number of anilines is 1. The van der Waals surface area contributed by atoms with Gasteiger partial charge in [-0.15, -0.1) is 0 Å². The van der Waals surface area contributed by atoms with Crippen LogP contribution in [0.25, 0.3) is 0 Å². The van der Waals surface area contributed by atoms with Gasteiger partial charge in [-0.1, -0.05) is 12.1 Å². The molecule has 2 aromatic rings. The minimum Gasteiger partial charge on any atom is -0.352 e. The lowest BCUT2D eigenvalue weighted by Gasteiger charge is -2.31. The Morgan fingerprint density at radius 2 is 1.80 bits per heavy atom. The Morgan fingerprint density at radius 1 is 1.06 bits per heavy atom. The van der Waals surface area contributed by atoms with Gasteiger partial charge in [-0.3, -0.25) is 9.59 Å². The van der Waals surface area contributed by atoms with Gasteiger partial charge in [0.05, 0.1) is 10.8 Å². The first-order chi connectivity index (χ1) is 16.7. The van der Waals surface area contributed by atoms with E-state index < -0.39 is 15.9 Å². The molecule has 3 aliphatic rings. The maximum Gasteiger partial charge on any atom is 0.243 e. The van der Waals surface area contributed by atoms with Gasteiger partial charge >= 0.3 is 0 Å². The lowest BCUT2D eigenvalue weighted by molar-refractivity contribution is -0.126. The topological polar surface area (TPSA) is 86.8 Å². The van der Waals surface area contributed by atoms with Crippen LogP contribution < -0.4 is 10.2 Å². The van der Waals surface area contributed by atoms with E-state index in [1.807, 2.05) is 11.8 Å². The maximum atomic E-state index is 13.5. The minimum absolute atomic E-state index is 0.0141.